The molecule has 0 aromatic carbocycles. The van der Waals surface area contributed by atoms with Crippen LogP contribution in [0.2, 0.25) is 0 Å². The summed E-state index contributed by atoms with van der Waals surface area (Å²) in [5.74, 6) is -0.170. The Morgan fingerprint density at radius 3 is 1.11 bits per heavy atom. The van der Waals surface area contributed by atoms with E-state index < -0.39 is 49.5 Å². The van der Waals surface area contributed by atoms with Crippen molar-refractivity contribution in [2.45, 2.75) is 358 Å². The molecule has 0 saturated carbocycles. The Balaban J connectivity index is 2.08. The number of hydrogen-bond donors (Lipinski definition) is 6. The van der Waals surface area contributed by atoms with Crippen LogP contribution < -0.4 is 5.32 Å². The van der Waals surface area contributed by atoms with Crippen LogP contribution >= 0.6 is 0 Å². The predicted molar refractivity (Wildman–Crippen MR) is 295 cm³/mol. The summed E-state index contributed by atoms with van der Waals surface area (Å²) in [6.07, 6.45) is 57.4. The Labute approximate surface area is 433 Å². The first-order valence-corrected chi connectivity index (χ1v) is 30.9. The van der Waals surface area contributed by atoms with Crippen LogP contribution in [0.1, 0.15) is 316 Å². The average Bonchev–Trinajstić information content (AvgIpc) is 3.36. The summed E-state index contributed by atoms with van der Waals surface area (Å²) in [6.45, 7) is 3.81. The van der Waals surface area contributed by atoms with Crippen molar-refractivity contribution >= 4 is 5.91 Å². The minimum Gasteiger partial charge on any atom is -0.394 e. The lowest BCUT2D eigenvalue weighted by Crippen LogP contribution is -2.60. The number of unbranched alkanes of at least 4 members (excludes halogenated alkanes) is 44. The zero-order chi connectivity index (χ0) is 50.8. The van der Waals surface area contributed by atoms with E-state index in [0.29, 0.717) is 6.42 Å². The van der Waals surface area contributed by atoms with E-state index in [1.807, 2.05) is 6.08 Å². The Bertz CT molecular complexity index is 1110. The predicted octanol–water partition coefficient (Wildman–Crippen LogP) is 15.6. The average molecular weight is 995 g/mol. The van der Waals surface area contributed by atoms with Crippen molar-refractivity contribution in [1.29, 1.82) is 0 Å². The van der Waals surface area contributed by atoms with Gasteiger partial charge in [-0.3, -0.25) is 4.79 Å². The highest BCUT2D eigenvalue weighted by atomic mass is 16.7. The molecule has 1 saturated heterocycles. The van der Waals surface area contributed by atoms with Gasteiger partial charge in [0, 0.05) is 6.42 Å². The summed E-state index contributed by atoms with van der Waals surface area (Å²) in [6, 6.07) is -0.800. The van der Waals surface area contributed by atoms with Crippen LogP contribution in [0.3, 0.4) is 0 Å². The quantitative estimate of drug-likeness (QED) is 0.0261. The van der Waals surface area contributed by atoms with Gasteiger partial charge in [0.1, 0.15) is 24.4 Å². The highest BCUT2D eigenvalue weighted by Gasteiger charge is 2.44. The standard InChI is InChI=1S/C61H119NO8/c1-3-5-7-9-11-13-15-17-19-20-21-22-23-24-25-26-27-28-29-30-31-32-33-34-35-36-37-39-41-43-45-47-49-51-57(65)62-54(53-69-61-60(68)59(67)58(66)56(52-63)70-61)55(64)50-48-46-44-42-40-38-18-16-14-12-10-8-6-4-2/h48,50,54-56,58-61,63-64,66-68H,3-47,49,51-53H2,1-2H3,(H,62,65)/b50-48+. The zero-order valence-corrected chi connectivity index (χ0v) is 46.3. The highest BCUT2D eigenvalue weighted by Crippen LogP contribution is 2.23. The van der Waals surface area contributed by atoms with E-state index in [0.717, 1.165) is 38.5 Å². The number of hydrogen-bond acceptors (Lipinski definition) is 8. The molecule has 1 heterocycles. The molecule has 0 aromatic rings. The van der Waals surface area contributed by atoms with Crippen molar-refractivity contribution in [3.05, 3.63) is 12.2 Å². The van der Waals surface area contributed by atoms with Crippen molar-refractivity contribution < 1.29 is 39.8 Å². The van der Waals surface area contributed by atoms with Crippen LogP contribution in [0.15, 0.2) is 12.2 Å². The van der Waals surface area contributed by atoms with E-state index in [4.69, 9.17) is 9.47 Å². The number of amides is 1. The summed E-state index contributed by atoms with van der Waals surface area (Å²) in [5.41, 5.74) is 0. The molecule has 1 amide bonds. The van der Waals surface area contributed by atoms with Gasteiger partial charge >= 0.3 is 0 Å². The summed E-state index contributed by atoms with van der Waals surface area (Å²) < 4.78 is 11.3. The van der Waals surface area contributed by atoms with Crippen LogP contribution in [0.4, 0.5) is 0 Å². The largest absolute Gasteiger partial charge is 0.394 e. The minimum absolute atomic E-state index is 0.170. The fourth-order valence-electron chi connectivity index (χ4n) is 10.2. The van der Waals surface area contributed by atoms with Gasteiger partial charge in [0.05, 0.1) is 25.4 Å². The minimum atomic E-state index is -1.56. The molecule has 0 aromatic heterocycles. The van der Waals surface area contributed by atoms with Gasteiger partial charge < -0.3 is 40.3 Å². The second-order valence-corrected chi connectivity index (χ2v) is 21.9. The molecule has 416 valence electrons. The van der Waals surface area contributed by atoms with Gasteiger partial charge in [-0.2, -0.15) is 0 Å². The van der Waals surface area contributed by atoms with Gasteiger partial charge in [0.2, 0.25) is 5.91 Å². The molecule has 7 unspecified atom stereocenters. The third kappa shape index (κ3) is 40.3. The normalized spacial score (nSPS) is 19.3. The Kier molecular flexibility index (Phi) is 49.2. The van der Waals surface area contributed by atoms with E-state index in [-0.39, 0.29) is 12.5 Å². The molecule has 0 radical (unpaired) electrons. The molecule has 1 aliphatic heterocycles. The second-order valence-electron chi connectivity index (χ2n) is 21.9. The van der Waals surface area contributed by atoms with Crippen molar-refractivity contribution in [1.82, 2.24) is 5.32 Å². The van der Waals surface area contributed by atoms with Crippen molar-refractivity contribution in [2.24, 2.45) is 0 Å². The molecular weight excluding hydrogens is 875 g/mol. The number of nitrogens with one attached hydrogen (secondary N) is 1. The number of ether oxygens (including phenoxy) is 2. The van der Waals surface area contributed by atoms with E-state index in [2.05, 4.69) is 19.2 Å². The van der Waals surface area contributed by atoms with E-state index in [9.17, 15) is 30.3 Å². The topological polar surface area (TPSA) is 149 Å². The van der Waals surface area contributed by atoms with Crippen LogP contribution in [0.25, 0.3) is 0 Å². The van der Waals surface area contributed by atoms with Gasteiger partial charge in [-0.1, -0.05) is 302 Å². The number of allylic oxidation sites excluding steroid dienone is 1. The van der Waals surface area contributed by atoms with Crippen LogP contribution in [0.5, 0.6) is 0 Å². The van der Waals surface area contributed by atoms with Gasteiger partial charge in [-0.05, 0) is 19.3 Å². The van der Waals surface area contributed by atoms with Gasteiger partial charge in [0.25, 0.3) is 0 Å². The molecule has 0 spiro atoms. The summed E-state index contributed by atoms with van der Waals surface area (Å²) in [7, 11) is 0. The maximum atomic E-state index is 13.0. The first kappa shape index (κ1) is 66.9. The fourth-order valence-corrected chi connectivity index (χ4v) is 10.2. The van der Waals surface area contributed by atoms with Crippen LogP contribution in [0, 0.1) is 0 Å². The molecule has 6 N–H and O–H groups in total. The molecule has 9 nitrogen and oxygen atoms in total. The molecule has 0 bridgehead atoms. The molecule has 9 heteroatoms. The summed E-state index contributed by atoms with van der Waals surface area (Å²) in [4.78, 5) is 13.0. The number of aliphatic hydroxyl groups excluding tert-OH is 5. The molecule has 70 heavy (non-hydrogen) atoms. The maximum absolute atomic E-state index is 13.0. The number of aliphatic hydroxyl groups is 5. The van der Waals surface area contributed by atoms with Crippen molar-refractivity contribution in [3.8, 4) is 0 Å². The number of carbonyl (C=O) groups is 1. The number of rotatable bonds is 54. The Morgan fingerprint density at radius 1 is 0.471 bits per heavy atom. The lowest BCUT2D eigenvalue weighted by atomic mass is 9.99. The fraction of sp³-hybridized carbons (Fsp3) is 0.951. The molecule has 1 rings (SSSR count). The Hall–Kier alpha value is -1.07. The van der Waals surface area contributed by atoms with Gasteiger partial charge in [-0.25, -0.2) is 0 Å². The van der Waals surface area contributed by atoms with E-state index in [1.165, 1.54) is 257 Å². The van der Waals surface area contributed by atoms with Crippen LogP contribution in [-0.4, -0.2) is 87.5 Å². The van der Waals surface area contributed by atoms with Gasteiger partial charge in [-0.15, -0.1) is 0 Å². The second kappa shape index (κ2) is 51.4. The van der Waals surface area contributed by atoms with Crippen LogP contribution in [-0.2, 0) is 14.3 Å². The lowest BCUT2D eigenvalue weighted by molar-refractivity contribution is -0.302. The monoisotopic (exact) mass is 994 g/mol. The van der Waals surface area contributed by atoms with Crippen molar-refractivity contribution in [2.75, 3.05) is 13.2 Å². The first-order valence-electron chi connectivity index (χ1n) is 30.9. The molecule has 1 fully saturated rings. The molecule has 0 aliphatic carbocycles. The maximum Gasteiger partial charge on any atom is 0.220 e. The summed E-state index contributed by atoms with van der Waals surface area (Å²) >= 11 is 0. The number of carbonyl (C=O) groups excluding carboxylic acids is 1. The van der Waals surface area contributed by atoms with E-state index >= 15 is 0 Å². The van der Waals surface area contributed by atoms with Gasteiger partial charge in [0.15, 0.2) is 6.29 Å². The third-order valence-electron chi connectivity index (χ3n) is 15.1. The zero-order valence-electron chi connectivity index (χ0n) is 46.3. The smallest absolute Gasteiger partial charge is 0.220 e. The SMILES string of the molecule is CCCCCCCCCCCCCC/C=C/C(O)C(COC1OC(CO)C(O)C(O)C1O)NC(=O)CCCCCCCCCCCCCCCCCCCCCCCCCCCCCCCCCCC. The molecule has 7 atom stereocenters. The first-order chi connectivity index (χ1) is 34.3. The van der Waals surface area contributed by atoms with Crippen molar-refractivity contribution in [3.63, 3.8) is 0 Å². The third-order valence-corrected chi connectivity index (χ3v) is 15.1. The molecule has 1 aliphatic rings. The lowest BCUT2D eigenvalue weighted by Gasteiger charge is -2.40. The van der Waals surface area contributed by atoms with E-state index in [1.54, 1.807) is 6.08 Å². The molecular formula is C61H119NO8. The Morgan fingerprint density at radius 2 is 0.786 bits per heavy atom. The summed E-state index contributed by atoms with van der Waals surface area (Å²) in [5, 5.41) is 54.5. The highest BCUT2D eigenvalue weighted by molar-refractivity contribution is 5.76.